The van der Waals surface area contributed by atoms with Gasteiger partial charge in [0.1, 0.15) is 0 Å². The zero-order valence-electron chi connectivity index (χ0n) is 12.7. The molecule has 0 spiro atoms. The molecule has 0 aliphatic carbocycles. The van der Waals surface area contributed by atoms with Crippen molar-refractivity contribution in [2.45, 2.75) is 6.10 Å². The Balaban J connectivity index is 2.02. The fourth-order valence-electron chi connectivity index (χ4n) is 2.57. The highest BCUT2D eigenvalue weighted by Crippen LogP contribution is 2.36. The molecule has 1 aliphatic heterocycles. The first kappa shape index (κ1) is 18.2. The van der Waals surface area contributed by atoms with Crippen LogP contribution >= 0.6 is 23.2 Å². The Morgan fingerprint density at radius 3 is 2.48 bits per heavy atom. The van der Waals surface area contributed by atoms with E-state index in [2.05, 4.69) is 4.90 Å². The number of benzene rings is 1. The number of rotatable bonds is 6. The molecular formula is C14H19Cl2N3O4. The molecule has 2 rings (SSSR count). The smallest absolute Gasteiger partial charge is 0.272 e. The molecule has 1 aromatic rings. The third kappa shape index (κ3) is 4.92. The molecular weight excluding hydrogens is 345 g/mol. The number of hydrogen-bond acceptors (Lipinski definition) is 6. The Morgan fingerprint density at radius 2 is 1.96 bits per heavy atom. The molecule has 9 heteroatoms. The summed E-state index contributed by atoms with van der Waals surface area (Å²) in [7, 11) is 1.74. The monoisotopic (exact) mass is 363 g/mol. The van der Waals surface area contributed by atoms with Crippen LogP contribution in [0.2, 0.25) is 10.0 Å². The second-order valence-corrected chi connectivity index (χ2v) is 6.28. The number of aliphatic hydroxyl groups excluding tert-OH is 1. The van der Waals surface area contributed by atoms with Crippen molar-refractivity contribution in [1.29, 1.82) is 0 Å². The first-order chi connectivity index (χ1) is 10.9. The second-order valence-electron chi connectivity index (χ2n) is 5.46. The number of nitrogens with zero attached hydrogens (tertiary/aromatic N) is 3. The van der Waals surface area contributed by atoms with Gasteiger partial charge in [-0.15, -0.1) is 0 Å². The maximum Gasteiger partial charge on any atom is 0.272 e. The number of ether oxygens (including phenoxy) is 1. The molecule has 1 unspecified atom stereocenters. The Morgan fingerprint density at radius 1 is 1.39 bits per heavy atom. The third-order valence-electron chi connectivity index (χ3n) is 3.65. The Labute approximate surface area is 144 Å². The highest BCUT2D eigenvalue weighted by atomic mass is 35.5. The van der Waals surface area contributed by atoms with Crippen LogP contribution in [0.4, 0.5) is 11.4 Å². The number of nitro groups is 1. The van der Waals surface area contributed by atoms with E-state index in [1.54, 1.807) is 11.9 Å². The number of anilines is 1. The minimum atomic E-state index is -0.597. The minimum Gasteiger partial charge on any atom is -0.390 e. The predicted octanol–water partition coefficient (Wildman–Crippen LogP) is 2.03. The summed E-state index contributed by atoms with van der Waals surface area (Å²) < 4.78 is 5.27. The molecule has 1 aliphatic rings. The Kier molecular flexibility index (Phi) is 6.43. The van der Waals surface area contributed by atoms with E-state index in [1.807, 2.05) is 0 Å². The van der Waals surface area contributed by atoms with E-state index in [1.165, 1.54) is 12.1 Å². The number of non-ortho nitro benzene ring substituents is 1. The quantitative estimate of drug-likeness (QED) is 0.615. The number of halogens is 2. The standard InChI is InChI=1S/C14H19Cl2N3O4/c1-17(8-11(20)9-18-2-4-23-5-3-18)14-12(15)6-10(19(21)22)7-13(14)16/h6-7,11,20H,2-5,8-9H2,1H3. The van der Waals surface area contributed by atoms with Crippen molar-refractivity contribution < 1.29 is 14.8 Å². The topological polar surface area (TPSA) is 79.1 Å². The molecule has 0 bridgehead atoms. The van der Waals surface area contributed by atoms with Gasteiger partial charge in [-0.1, -0.05) is 23.2 Å². The number of morpholine rings is 1. The summed E-state index contributed by atoms with van der Waals surface area (Å²) in [6.07, 6.45) is -0.597. The van der Waals surface area contributed by atoms with E-state index >= 15 is 0 Å². The van der Waals surface area contributed by atoms with E-state index in [-0.39, 0.29) is 15.7 Å². The van der Waals surface area contributed by atoms with Crippen LogP contribution in [-0.4, -0.2) is 67.5 Å². The molecule has 0 saturated carbocycles. The Bertz CT molecular complexity index is 544. The predicted molar refractivity (Wildman–Crippen MR) is 89.7 cm³/mol. The SMILES string of the molecule is CN(CC(O)CN1CCOCC1)c1c(Cl)cc([N+](=O)[O-])cc1Cl. The molecule has 1 atom stereocenters. The lowest BCUT2D eigenvalue weighted by atomic mass is 10.2. The van der Waals surface area contributed by atoms with Crippen LogP contribution in [0, 0.1) is 10.1 Å². The maximum atomic E-state index is 10.8. The first-order valence-electron chi connectivity index (χ1n) is 7.21. The van der Waals surface area contributed by atoms with E-state index < -0.39 is 11.0 Å². The molecule has 0 aromatic heterocycles. The molecule has 1 heterocycles. The van der Waals surface area contributed by atoms with Gasteiger partial charge in [0.2, 0.25) is 0 Å². The van der Waals surface area contributed by atoms with E-state index in [0.717, 1.165) is 13.1 Å². The summed E-state index contributed by atoms with van der Waals surface area (Å²) in [6.45, 7) is 3.76. The van der Waals surface area contributed by atoms with Gasteiger partial charge < -0.3 is 14.7 Å². The molecule has 1 aromatic carbocycles. The van der Waals surface area contributed by atoms with Crippen molar-refractivity contribution in [3.05, 3.63) is 32.3 Å². The molecule has 1 N–H and O–H groups in total. The fraction of sp³-hybridized carbons (Fsp3) is 0.571. The normalized spacial score (nSPS) is 17.0. The van der Waals surface area contributed by atoms with Crippen LogP contribution < -0.4 is 4.90 Å². The molecule has 0 radical (unpaired) electrons. The van der Waals surface area contributed by atoms with Gasteiger partial charge in [-0.25, -0.2) is 0 Å². The highest BCUT2D eigenvalue weighted by Gasteiger charge is 2.21. The van der Waals surface area contributed by atoms with E-state index in [4.69, 9.17) is 27.9 Å². The van der Waals surface area contributed by atoms with Gasteiger partial charge in [-0.2, -0.15) is 0 Å². The average molecular weight is 364 g/mol. The van der Waals surface area contributed by atoms with Crippen molar-refractivity contribution in [2.75, 3.05) is 51.3 Å². The molecule has 1 fully saturated rings. The maximum absolute atomic E-state index is 10.8. The van der Waals surface area contributed by atoms with Crippen molar-refractivity contribution in [3.63, 3.8) is 0 Å². The van der Waals surface area contributed by atoms with E-state index in [9.17, 15) is 15.2 Å². The highest BCUT2D eigenvalue weighted by molar-refractivity contribution is 6.39. The van der Waals surface area contributed by atoms with Crippen LogP contribution in [-0.2, 0) is 4.74 Å². The zero-order chi connectivity index (χ0) is 17.0. The summed E-state index contributed by atoms with van der Waals surface area (Å²) >= 11 is 12.2. The van der Waals surface area contributed by atoms with Crippen molar-refractivity contribution >= 4 is 34.6 Å². The molecule has 7 nitrogen and oxygen atoms in total. The van der Waals surface area contributed by atoms with Crippen LogP contribution in [0.15, 0.2) is 12.1 Å². The van der Waals surface area contributed by atoms with Crippen LogP contribution in [0.25, 0.3) is 0 Å². The lowest BCUT2D eigenvalue weighted by Gasteiger charge is -2.31. The number of hydrogen-bond donors (Lipinski definition) is 1. The van der Waals surface area contributed by atoms with Gasteiger partial charge in [-0.05, 0) is 0 Å². The number of nitro benzene ring substituents is 1. The summed E-state index contributed by atoms with van der Waals surface area (Å²) in [5.74, 6) is 0. The molecule has 0 amide bonds. The molecule has 23 heavy (non-hydrogen) atoms. The van der Waals surface area contributed by atoms with Crippen LogP contribution in [0.5, 0.6) is 0 Å². The van der Waals surface area contributed by atoms with Gasteiger partial charge in [0.05, 0.1) is 40.0 Å². The van der Waals surface area contributed by atoms with Gasteiger partial charge in [0, 0.05) is 45.4 Å². The van der Waals surface area contributed by atoms with Crippen LogP contribution in [0.1, 0.15) is 0 Å². The molecule has 128 valence electrons. The summed E-state index contributed by atoms with van der Waals surface area (Å²) in [6, 6.07) is 2.52. The largest absolute Gasteiger partial charge is 0.390 e. The summed E-state index contributed by atoms with van der Waals surface area (Å²) in [5.41, 5.74) is 0.311. The van der Waals surface area contributed by atoms with Crippen LogP contribution in [0.3, 0.4) is 0 Å². The fourth-order valence-corrected chi connectivity index (χ4v) is 3.33. The third-order valence-corrected chi connectivity index (χ3v) is 4.23. The van der Waals surface area contributed by atoms with Crippen molar-refractivity contribution in [1.82, 2.24) is 4.90 Å². The van der Waals surface area contributed by atoms with Gasteiger partial charge in [0.25, 0.3) is 5.69 Å². The van der Waals surface area contributed by atoms with Gasteiger partial charge in [0.15, 0.2) is 0 Å². The first-order valence-corrected chi connectivity index (χ1v) is 7.97. The summed E-state index contributed by atoms with van der Waals surface area (Å²) in [4.78, 5) is 14.1. The second kappa shape index (κ2) is 8.12. The van der Waals surface area contributed by atoms with E-state index in [0.29, 0.717) is 32.0 Å². The van der Waals surface area contributed by atoms with Gasteiger partial charge >= 0.3 is 0 Å². The lowest BCUT2D eigenvalue weighted by Crippen LogP contribution is -2.44. The average Bonchev–Trinajstić information content (AvgIpc) is 2.47. The molecule has 1 saturated heterocycles. The minimum absolute atomic E-state index is 0.161. The lowest BCUT2D eigenvalue weighted by molar-refractivity contribution is -0.384. The Hall–Kier alpha value is -1.12. The number of likely N-dealkylation sites (N-methyl/N-ethyl adjacent to an activating group) is 1. The van der Waals surface area contributed by atoms with Gasteiger partial charge in [-0.3, -0.25) is 15.0 Å². The van der Waals surface area contributed by atoms with Crippen molar-refractivity contribution in [2.24, 2.45) is 0 Å². The zero-order valence-corrected chi connectivity index (χ0v) is 14.3. The summed E-state index contributed by atoms with van der Waals surface area (Å²) in [5, 5.41) is 21.4. The number of aliphatic hydroxyl groups is 1. The van der Waals surface area contributed by atoms with Crippen molar-refractivity contribution in [3.8, 4) is 0 Å². The number of β-amino-alcohol motifs (C(OH)–C–C–N with tert-alkyl or cyclic N) is 1.